The molecule has 0 saturated heterocycles. The van der Waals surface area contributed by atoms with Gasteiger partial charge in [0.2, 0.25) is 0 Å². The zero-order chi connectivity index (χ0) is 17.9. The van der Waals surface area contributed by atoms with E-state index in [2.05, 4.69) is 9.97 Å². The summed E-state index contributed by atoms with van der Waals surface area (Å²) in [5, 5.41) is 9.98. The number of aryl methyl sites for hydroxylation is 1. The van der Waals surface area contributed by atoms with Gasteiger partial charge in [-0.2, -0.15) is 0 Å². The Kier molecular flexibility index (Phi) is 5.68. The fourth-order valence-electron chi connectivity index (χ4n) is 2.07. The van der Waals surface area contributed by atoms with Crippen LogP contribution in [0.25, 0.3) is 10.2 Å². The fraction of sp³-hybridized carbons (Fsp3) is 0.467. The Morgan fingerprint density at radius 1 is 1.29 bits per heavy atom. The molecule has 3 N–H and O–H groups in total. The van der Waals surface area contributed by atoms with Gasteiger partial charge >= 0.3 is 11.9 Å². The number of nitrogens with two attached hydrogens (primary N) is 1. The first-order valence-corrected chi connectivity index (χ1v) is 8.27. The van der Waals surface area contributed by atoms with Crippen molar-refractivity contribution in [3.05, 3.63) is 16.3 Å². The highest BCUT2D eigenvalue weighted by Crippen LogP contribution is 2.33. The third-order valence-electron chi connectivity index (χ3n) is 3.33. The fourth-order valence-corrected chi connectivity index (χ4v) is 3.17. The lowest BCUT2D eigenvalue weighted by Gasteiger charge is -2.08. The lowest BCUT2D eigenvalue weighted by molar-refractivity contribution is -0.155. The van der Waals surface area contributed by atoms with Crippen molar-refractivity contribution in [1.29, 1.82) is 0 Å². The van der Waals surface area contributed by atoms with E-state index < -0.39 is 18.0 Å². The van der Waals surface area contributed by atoms with E-state index in [9.17, 15) is 14.7 Å². The predicted octanol–water partition coefficient (Wildman–Crippen LogP) is 1.57. The molecule has 0 fully saturated rings. The number of fused-ring (bicyclic) bond motifs is 1. The number of esters is 2. The molecule has 8 nitrogen and oxygen atoms in total. The maximum absolute atomic E-state index is 12.0. The number of thiophene rings is 1. The van der Waals surface area contributed by atoms with Crippen LogP contribution in [0.5, 0.6) is 0 Å². The molecule has 2 heterocycles. The maximum atomic E-state index is 12.0. The van der Waals surface area contributed by atoms with E-state index >= 15 is 0 Å². The van der Waals surface area contributed by atoms with Crippen LogP contribution in [0.15, 0.2) is 0 Å². The molecule has 2 rings (SSSR count). The van der Waals surface area contributed by atoms with Gasteiger partial charge in [0.25, 0.3) is 0 Å². The number of nitrogen functional groups attached to an aromatic ring is 1. The molecule has 0 aromatic carbocycles. The summed E-state index contributed by atoms with van der Waals surface area (Å²) < 4.78 is 9.96. The third kappa shape index (κ3) is 3.62. The van der Waals surface area contributed by atoms with Crippen LogP contribution in [0, 0.1) is 6.92 Å². The van der Waals surface area contributed by atoms with Gasteiger partial charge in [-0.25, -0.2) is 19.6 Å². The molecule has 0 radical (unpaired) electrons. The molecule has 24 heavy (non-hydrogen) atoms. The number of hydrogen-bond donors (Lipinski definition) is 2. The van der Waals surface area contributed by atoms with Gasteiger partial charge in [0.15, 0.2) is 18.5 Å². The monoisotopic (exact) mass is 353 g/mol. The molecular formula is C15H19N3O5S. The van der Waals surface area contributed by atoms with E-state index in [1.54, 1.807) is 20.8 Å². The van der Waals surface area contributed by atoms with Crippen LogP contribution < -0.4 is 5.73 Å². The number of aromatic nitrogens is 2. The minimum Gasteiger partial charge on any atom is -0.462 e. The van der Waals surface area contributed by atoms with E-state index in [4.69, 9.17) is 15.2 Å². The summed E-state index contributed by atoms with van der Waals surface area (Å²) in [6.07, 6.45) is -0.918. The minimum absolute atomic E-state index is 0.200. The second-order valence-corrected chi connectivity index (χ2v) is 6.01. The molecule has 9 heteroatoms. The summed E-state index contributed by atoms with van der Waals surface area (Å²) in [5.74, 6) is -0.773. The van der Waals surface area contributed by atoms with Crippen molar-refractivity contribution in [2.45, 2.75) is 39.9 Å². The van der Waals surface area contributed by atoms with Gasteiger partial charge in [0.1, 0.15) is 15.5 Å². The number of carbonyl (C=O) groups is 2. The van der Waals surface area contributed by atoms with Crippen LogP contribution in [0.1, 0.15) is 41.3 Å². The molecule has 0 aliphatic rings. The van der Waals surface area contributed by atoms with Crippen LogP contribution in [-0.4, -0.2) is 39.7 Å². The molecular weight excluding hydrogens is 334 g/mol. The highest BCUT2D eigenvalue weighted by atomic mass is 32.1. The van der Waals surface area contributed by atoms with Crippen molar-refractivity contribution >= 4 is 39.3 Å². The summed E-state index contributed by atoms with van der Waals surface area (Å²) in [4.78, 5) is 32.8. The Hall–Kier alpha value is -2.26. The van der Waals surface area contributed by atoms with Gasteiger partial charge in [-0.15, -0.1) is 11.3 Å². The first-order chi connectivity index (χ1) is 11.4. The Balaban J connectivity index is 2.29. The number of nitrogens with zero attached hydrogens (tertiary/aromatic N) is 2. The number of rotatable bonds is 6. The smallest absolute Gasteiger partial charge is 0.348 e. The van der Waals surface area contributed by atoms with Crippen molar-refractivity contribution < 1.29 is 24.2 Å². The molecule has 0 amide bonds. The van der Waals surface area contributed by atoms with Crippen LogP contribution in [0.3, 0.4) is 0 Å². The van der Waals surface area contributed by atoms with Gasteiger partial charge in [-0.05, 0) is 25.8 Å². The Labute approximate surface area is 142 Å². The number of aliphatic hydroxyl groups is 1. The minimum atomic E-state index is -1.18. The molecule has 130 valence electrons. The second-order valence-electron chi connectivity index (χ2n) is 5.01. The first-order valence-electron chi connectivity index (χ1n) is 7.46. The normalized spacial score (nSPS) is 12.2. The summed E-state index contributed by atoms with van der Waals surface area (Å²) in [6.45, 7) is 5.21. The van der Waals surface area contributed by atoms with Crippen molar-refractivity contribution in [3.8, 4) is 0 Å². The second kappa shape index (κ2) is 7.54. The van der Waals surface area contributed by atoms with Crippen molar-refractivity contribution in [3.63, 3.8) is 0 Å². The molecule has 0 unspecified atom stereocenters. The van der Waals surface area contributed by atoms with Crippen LogP contribution in [0.2, 0.25) is 0 Å². The maximum Gasteiger partial charge on any atom is 0.348 e. The molecule has 0 saturated carbocycles. The van der Waals surface area contributed by atoms with Gasteiger partial charge in [-0.3, -0.25) is 0 Å². The molecule has 2 aromatic rings. The highest BCUT2D eigenvalue weighted by Gasteiger charge is 2.21. The van der Waals surface area contributed by atoms with E-state index in [1.807, 2.05) is 0 Å². The van der Waals surface area contributed by atoms with Crippen LogP contribution in [-0.2, 0) is 20.9 Å². The number of aliphatic hydroxyl groups excluding tert-OH is 1. The van der Waals surface area contributed by atoms with Gasteiger partial charge < -0.3 is 20.3 Å². The Morgan fingerprint density at radius 3 is 2.62 bits per heavy atom. The number of ether oxygens (including phenoxy) is 2. The summed E-state index contributed by atoms with van der Waals surface area (Å²) in [5.41, 5.74) is 6.61. The Bertz CT molecular complexity index is 774. The lowest BCUT2D eigenvalue weighted by atomic mass is 10.2. The number of anilines is 1. The van der Waals surface area contributed by atoms with Crippen molar-refractivity contribution in [2.75, 3.05) is 12.3 Å². The molecule has 2 aromatic heterocycles. The summed E-state index contributed by atoms with van der Waals surface area (Å²) >= 11 is 1.15. The topological polar surface area (TPSA) is 125 Å². The molecule has 0 aliphatic carbocycles. The predicted molar refractivity (Wildman–Crippen MR) is 88.6 cm³/mol. The van der Waals surface area contributed by atoms with Gasteiger partial charge in [0, 0.05) is 0 Å². The first kappa shape index (κ1) is 18.1. The molecule has 0 aliphatic heterocycles. The molecule has 0 spiro atoms. The van der Waals surface area contributed by atoms with Gasteiger partial charge in [-0.1, -0.05) is 6.92 Å². The number of hydrogen-bond acceptors (Lipinski definition) is 9. The van der Waals surface area contributed by atoms with E-state index in [1.165, 1.54) is 0 Å². The quantitative estimate of drug-likeness (QED) is 0.750. The van der Waals surface area contributed by atoms with E-state index in [0.717, 1.165) is 11.3 Å². The number of carbonyl (C=O) groups excluding carboxylic acids is 2. The van der Waals surface area contributed by atoms with Crippen molar-refractivity contribution in [2.24, 2.45) is 0 Å². The zero-order valence-electron chi connectivity index (χ0n) is 13.7. The van der Waals surface area contributed by atoms with Crippen LogP contribution >= 0.6 is 11.3 Å². The molecule has 0 bridgehead atoms. The summed E-state index contributed by atoms with van der Waals surface area (Å²) in [7, 11) is 0. The Morgan fingerprint density at radius 2 is 2.00 bits per heavy atom. The average Bonchev–Trinajstić information content (AvgIpc) is 2.89. The molecule has 1 atom stereocenters. The SMILES string of the molecule is CCOC(=O)c1sc2nc(COC(=O)[C@H](O)CC)nc(N)c2c1C. The zero-order valence-corrected chi connectivity index (χ0v) is 14.5. The highest BCUT2D eigenvalue weighted by molar-refractivity contribution is 7.20. The van der Waals surface area contributed by atoms with Gasteiger partial charge in [0.05, 0.1) is 12.0 Å². The lowest BCUT2D eigenvalue weighted by Crippen LogP contribution is -2.22. The van der Waals surface area contributed by atoms with E-state index in [0.29, 0.717) is 20.7 Å². The van der Waals surface area contributed by atoms with E-state index in [-0.39, 0.29) is 31.3 Å². The average molecular weight is 353 g/mol. The third-order valence-corrected chi connectivity index (χ3v) is 4.49. The summed E-state index contributed by atoms with van der Waals surface area (Å²) in [6, 6.07) is 0. The standard InChI is InChI=1S/C15H19N3O5S/c1-4-8(19)14(20)23-6-9-17-12(16)10-7(3)11(15(21)22-5-2)24-13(10)18-9/h8,19H,4-6H2,1-3H3,(H2,16,17,18)/t8-/m1/s1. The largest absolute Gasteiger partial charge is 0.462 e. The van der Waals surface area contributed by atoms with Crippen LogP contribution in [0.4, 0.5) is 5.82 Å². The van der Waals surface area contributed by atoms with Crippen molar-refractivity contribution in [1.82, 2.24) is 9.97 Å².